The van der Waals surface area contributed by atoms with Crippen LogP contribution < -0.4 is 19.5 Å². The van der Waals surface area contributed by atoms with Gasteiger partial charge in [-0.05, 0) is 127 Å². The molecule has 11 rings (SSSR count). The minimum atomic E-state index is -0.508. The summed E-state index contributed by atoms with van der Waals surface area (Å²) in [5.41, 5.74) is 3.84. The molecule has 11 aromatic rings. The van der Waals surface area contributed by atoms with Crippen molar-refractivity contribution in [1.29, 1.82) is 0 Å². The standard InChI is InChI=1S/C23H17ClF2N4O.C17H10Cl2F2N2O.C11H7Cl2FN2O.C10H5Cl2FN2O/c1-14-11-27-9-8-20(14)29-23-21(31-13-15-2-5-17(25)6-3-15)12-28-22(30-23)18-10-16(24)4-7-19(18)26;18-11-3-6-14(21)13(7-11)17-22-8-15(16(19)23-17)24-9-10-1-4-12(20)5-2-10;1-17-9-5-15-11(16-10(9)13)7-4-6(12)2-3-8(7)14;11-5-1-2-7(13)6(3-5)10-14-4-8(16)9(12)15-10/h2-12H,13H2,1H3,(H,27,28,29,30);1-8H,9H2;2-5H,1H3;1-4,16H. The van der Waals surface area contributed by atoms with E-state index in [1.54, 1.807) is 42.7 Å². The Labute approximate surface area is 532 Å². The van der Waals surface area contributed by atoms with Crippen LogP contribution in [-0.4, -0.2) is 57.1 Å². The predicted molar refractivity (Wildman–Crippen MR) is 327 cm³/mol. The lowest BCUT2D eigenvalue weighted by molar-refractivity contribution is 0.303. The summed E-state index contributed by atoms with van der Waals surface area (Å²) in [4.78, 5) is 36.3. The molecule has 88 heavy (non-hydrogen) atoms. The lowest BCUT2D eigenvalue weighted by Crippen LogP contribution is -2.05. The average molecular weight is 1340 g/mol. The lowest BCUT2D eigenvalue weighted by Gasteiger charge is -2.15. The first-order valence-electron chi connectivity index (χ1n) is 25.1. The van der Waals surface area contributed by atoms with Crippen molar-refractivity contribution in [2.24, 2.45) is 0 Å². The molecule has 0 radical (unpaired) electrons. The SMILES string of the molecule is COc1cnc(-c2cc(Cl)ccc2F)nc1Cl.Cc1cnccc1Nc1nc(-c2cc(Cl)ccc2F)ncc1OCc1ccc(F)cc1.Fc1ccc(COc2cnc(-c3cc(Cl)ccc3F)nc2Cl)cc1.Oc1cnc(-c2cc(Cl)ccc2F)nc1Cl. The molecule has 0 bridgehead atoms. The predicted octanol–water partition coefficient (Wildman–Crippen LogP) is 18.3. The van der Waals surface area contributed by atoms with Crippen LogP contribution in [0.2, 0.25) is 35.5 Å². The maximum absolute atomic E-state index is 14.4. The summed E-state index contributed by atoms with van der Waals surface area (Å²) in [6.07, 6.45) is 8.66. The molecule has 0 aliphatic carbocycles. The van der Waals surface area contributed by atoms with E-state index in [0.717, 1.165) is 28.6 Å². The number of hydrogen-bond donors (Lipinski definition) is 2. The van der Waals surface area contributed by atoms with E-state index in [1.165, 1.54) is 123 Å². The number of aryl methyl sites for hydroxylation is 1. The first-order valence-corrected chi connectivity index (χ1v) is 27.8. The molecule has 14 nitrogen and oxygen atoms in total. The average Bonchev–Trinajstić information content (AvgIpc) is 3.70. The number of pyridine rings is 1. The maximum atomic E-state index is 14.4. The zero-order chi connectivity index (χ0) is 63.0. The first kappa shape index (κ1) is 65.4. The monoisotopic (exact) mass is 1330 g/mol. The van der Waals surface area contributed by atoms with Crippen molar-refractivity contribution in [3.63, 3.8) is 0 Å². The number of anilines is 2. The Bertz CT molecular complexity index is 4250. The highest BCUT2D eigenvalue weighted by atomic mass is 35.5. The highest BCUT2D eigenvalue weighted by Gasteiger charge is 2.18. The second-order valence-corrected chi connectivity index (χ2v) is 20.6. The molecule has 0 saturated heterocycles. The highest BCUT2D eigenvalue weighted by Crippen LogP contribution is 2.34. The smallest absolute Gasteiger partial charge is 0.180 e. The number of rotatable bonds is 13. The fourth-order valence-electron chi connectivity index (χ4n) is 7.27. The highest BCUT2D eigenvalue weighted by molar-refractivity contribution is 6.33. The van der Waals surface area contributed by atoms with Gasteiger partial charge in [0.25, 0.3) is 0 Å². The molecule has 6 aromatic carbocycles. The van der Waals surface area contributed by atoms with Crippen LogP contribution in [-0.2, 0) is 13.2 Å². The molecule has 0 atom stereocenters. The van der Waals surface area contributed by atoms with Crippen LogP contribution in [0.4, 0.5) is 37.8 Å². The van der Waals surface area contributed by atoms with Gasteiger partial charge in [-0.2, -0.15) is 0 Å². The Balaban J connectivity index is 0.000000158. The number of ether oxygens (including phenoxy) is 3. The number of methoxy groups -OCH3 is 1. The third kappa shape index (κ3) is 18.0. The second kappa shape index (κ2) is 30.8. The van der Waals surface area contributed by atoms with Crippen LogP contribution in [0.1, 0.15) is 16.7 Å². The molecular formula is C61H39Cl7F6N10O4. The van der Waals surface area contributed by atoms with E-state index in [0.29, 0.717) is 37.4 Å². The third-order valence-corrected chi connectivity index (χ3v) is 13.4. The number of hydrogen-bond acceptors (Lipinski definition) is 14. The summed E-state index contributed by atoms with van der Waals surface area (Å²) in [6.45, 7) is 2.25. The molecule has 27 heteroatoms. The summed E-state index contributed by atoms with van der Waals surface area (Å²) < 4.78 is 97.5. The van der Waals surface area contributed by atoms with Crippen molar-refractivity contribution in [3.8, 4) is 68.5 Å². The van der Waals surface area contributed by atoms with Gasteiger partial charge < -0.3 is 24.6 Å². The molecule has 5 aromatic heterocycles. The Hall–Kier alpha value is -8.60. The molecule has 0 spiro atoms. The molecule has 0 unspecified atom stereocenters. The van der Waals surface area contributed by atoms with Crippen molar-refractivity contribution in [2.45, 2.75) is 20.1 Å². The van der Waals surface area contributed by atoms with Crippen LogP contribution in [0.5, 0.6) is 23.0 Å². The number of aromatic hydroxyl groups is 1. The van der Waals surface area contributed by atoms with Gasteiger partial charge in [-0.1, -0.05) is 105 Å². The van der Waals surface area contributed by atoms with Gasteiger partial charge >= 0.3 is 0 Å². The van der Waals surface area contributed by atoms with Crippen LogP contribution >= 0.6 is 81.2 Å². The van der Waals surface area contributed by atoms with Crippen molar-refractivity contribution in [3.05, 3.63) is 252 Å². The minimum Gasteiger partial charge on any atom is -0.504 e. The van der Waals surface area contributed by atoms with Crippen molar-refractivity contribution >= 4 is 92.7 Å². The molecule has 0 amide bonds. The molecule has 0 fully saturated rings. The van der Waals surface area contributed by atoms with Gasteiger partial charge in [0.2, 0.25) is 0 Å². The van der Waals surface area contributed by atoms with Gasteiger partial charge in [0, 0.05) is 38.2 Å². The second-order valence-electron chi connectivity index (χ2n) is 17.8. The van der Waals surface area contributed by atoms with E-state index in [1.807, 2.05) is 6.92 Å². The van der Waals surface area contributed by atoms with Gasteiger partial charge in [-0.25, -0.2) is 66.2 Å². The number of nitrogens with one attached hydrogen (secondary N) is 1. The summed E-state index contributed by atoms with van der Waals surface area (Å²) in [7, 11) is 1.45. The number of nitrogens with zero attached hydrogens (tertiary/aromatic N) is 9. The minimum absolute atomic E-state index is 0.0430. The fourth-order valence-corrected chi connectivity index (χ4v) is 8.48. The van der Waals surface area contributed by atoms with Crippen LogP contribution in [0, 0.1) is 41.8 Å². The van der Waals surface area contributed by atoms with Gasteiger partial charge in [-0.15, -0.1) is 0 Å². The fraction of sp³-hybridized carbons (Fsp3) is 0.0656. The van der Waals surface area contributed by atoms with Gasteiger partial charge in [0.1, 0.15) is 48.1 Å². The quantitative estimate of drug-likeness (QED) is 0.0823. The van der Waals surface area contributed by atoms with Gasteiger partial charge in [0.15, 0.2) is 67.6 Å². The maximum Gasteiger partial charge on any atom is 0.180 e. The molecule has 448 valence electrons. The normalized spacial score (nSPS) is 10.6. The molecular weight excluding hydrogens is 1300 g/mol. The van der Waals surface area contributed by atoms with Gasteiger partial charge in [0.05, 0.1) is 54.2 Å². The number of halogens is 13. The molecule has 2 N–H and O–H groups in total. The molecule has 0 saturated carbocycles. The zero-order valence-electron chi connectivity index (χ0n) is 45.1. The summed E-state index contributed by atoms with van der Waals surface area (Å²) >= 11 is 40.9. The van der Waals surface area contributed by atoms with Crippen LogP contribution in [0.25, 0.3) is 45.6 Å². The van der Waals surface area contributed by atoms with Crippen LogP contribution in [0.3, 0.4) is 0 Å². The van der Waals surface area contributed by atoms with Crippen molar-refractivity contribution in [1.82, 2.24) is 44.9 Å². The summed E-state index contributed by atoms with van der Waals surface area (Å²) in [6, 6.07) is 30.1. The van der Waals surface area contributed by atoms with E-state index in [9.17, 15) is 26.3 Å². The van der Waals surface area contributed by atoms with Crippen molar-refractivity contribution < 1.29 is 45.7 Å². The van der Waals surface area contributed by atoms with E-state index in [4.69, 9.17) is 101 Å². The summed E-state index contributed by atoms with van der Waals surface area (Å²) in [5.74, 6) is -1.10. The first-order chi connectivity index (χ1) is 42.2. The summed E-state index contributed by atoms with van der Waals surface area (Å²) in [5, 5.41) is 13.9. The molecule has 0 aliphatic heterocycles. The Morgan fingerprint density at radius 1 is 0.432 bits per heavy atom. The van der Waals surface area contributed by atoms with E-state index < -0.39 is 23.3 Å². The van der Waals surface area contributed by atoms with Gasteiger partial charge in [-0.3, -0.25) is 4.98 Å². The van der Waals surface area contributed by atoms with E-state index >= 15 is 0 Å². The Kier molecular flexibility index (Phi) is 22.9. The Morgan fingerprint density at radius 3 is 1.20 bits per heavy atom. The van der Waals surface area contributed by atoms with E-state index in [2.05, 4.69) is 50.2 Å². The van der Waals surface area contributed by atoms with Crippen molar-refractivity contribution in [2.75, 3.05) is 12.4 Å². The van der Waals surface area contributed by atoms with Crippen LogP contribution in [0.15, 0.2) is 165 Å². The largest absolute Gasteiger partial charge is 0.504 e. The topological polar surface area (TPSA) is 176 Å². The van der Waals surface area contributed by atoms with E-state index in [-0.39, 0.29) is 97.4 Å². The molecule has 0 aliphatic rings. The third-order valence-electron chi connectivity index (χ3n) is 11.7. The number of benzene rings is 6. The lowest BCUT2D eigenvalue weighted by atomic mass is 10.2. The Morgan fingerprint density at radius 2 is 0.807 bits per heavy atom. The number of aromatic nitrogens is 9. The molecule has 5 heterocycles. The zero-order valence-corrected chi connectivity index (χ0v) is 50.4.